The molecule has 0 heterocycles. The number of nitriles is 1. The van der Waals surface area contributed by atoms with Gasteiger partial charge in [0.1, 0.15) is 6.07 Å². The monoisotopic (exact) mass is 305 g/mol. The van der Waals surface area contributed by atoms with Gasteiger partial charge < -0.3 is 11.1 Å². The second kappa shape index (κ2) is 5.83. The van der Waals surface area contributed by atoms with Gasteiger partial charge in [-0.25, -0.2) is 0 Å². The second-order valence-corrected chi connectivity index (χ2v) is 4.81. The van der Waals surface area contributed by atoms with Gasteiger partial charge in [-0.15, -0.1) is 0 Å². The Bertz CT molecular complexity index is 723. The van der Waals surface area contributed by atoms with Gasteiger partial charge in [0.15, 0.2) is 0 Å². The van der Waals surface area contributed by atoms with Crippen LogP contribution in [0.1, 0.15) is 15.9 Å². The lowest BCUT2D eigenvalue weighted by Crippen LogP contribution is -2.12. The number of halogens is 2. The maximum absolute atomic E-state index is 12.0. The Labute approximate surface area is 125 Å². The van der Waals surface area contributed by atoms with Gasteiger partial charge in [0, 0.05) is 11.3 Å². The molecule has 0 aliphatic carbocycles. The summed E-state index contributed by atoms with van der Waals surface area (Å²) in [4.78, 5) is 12.0. The molecule has 0 radical (unpaired) electrons. The van der Waals surface area contributed by atoms with Crippen LogP contribution in [0.2, 0.25) is 10.0 Å². The summed E-state index contributed by atoms with van der Waals surface area (Å²) in [5.74, 6) is -0.339. The number of nitrogen functional groups attached to an aromatic ring is 1. The number of amides is 1. The van der Waals surface area contributed by atoms with Gasteiger partial charge in [-0.2, -0.15) is 5.26 Å². The number of nitrogens with zero attached hydrogens (tertiary/aromatic N) is 1. The second-order valence-electron chi connectivity index (χ2n) is 4.00. The van der Waals surface area contributed by atoms with E-state index in [9.17, 15) is 4.79 Å². The lowest BCUT2D eigenvalue weighted by atomic mass is 10.1. The van der Waals surface area contributed by atoms with Crippen LogP contribution in [0.4, 0.5) is 11.4 Å². The molecule has 0 bridgehead atoms. The van der Waals surface area contributed by atoms with E-state index in [1.165, 1.54) is 18.2 Å². The van der Waals surface area contributed by atoms with Gasteiger partial charge >= 0.3 is 0 Å². The first-order valence-electron chi connectivity index (χ1n) is 5.57. The predicted octanol–water partition coefficient (Wildman–Crippen LogP) is 3.70. The van der Waals surface area contributed by atoms with Gasteiger partial charge in [0.25, 0.3) is 5.91 Å². The van der Waals surface area contributed by atoms with E-state index in [0.29, 0.717) is 27.5 Å². The minimum atomic E-state index is -0.339. The predicted molar refractivity (Wildman–Crippen MR) is 80.0 cm³/mol. The number of anilines is 2. The van der Waals surface area contributed by atoms with Gasteiger partial charge in [0.2, 0.25) is 0 Å². The summed E-state index contributed by atoms with van der Waals surface area (Å²) in [6.07, 6.45) is 0. The van der Waals surface area contributed by atoms with Crippen LogP contribution in [0.3, 0.4) is 0 Å². The summed E-state index contributed by atoms with van der Waals surface area (Å²) in [5.41, 5.74) is 7.20. The summed E-state index contributed by atoms with van der Waals surface area (Å²) in [6.45, 7) is 0. The molecule has 0 unspecified atom stereocenters. The molecule has 2 rings (SSSR count). The molecule has 3 N–H and O–H groups in total. The number of hydrogen-bond acceptors (Lipinski definition) is 3. The van der Waals surface area contributed by atoms with Crippen LogP contribution >= 0.6 is 23.2 Å². The molecule has 0 fully saturated rings. The minimum Gasteiger partial charge on any atom is -0.398 e. The first-order chi connectivity index (χ1) is 9.51. The standard InChI is InChI=1S/C14H9Cl2N3O/c15-11-4-2-8(5-13(11)18)14(20)19-10-3-1-9(7-17)12(16)6-10/h1-6H,18H2,(H,19,20). The van der Waals surface area contributed by atoms with Crippen molar-refractivity contribution in [2.24, 2.45) is 0 Å². The molecule has 0 saturated heterocycles. The molecule has 100 valence electrons. The van der Waals surface area contributed by atoms with Crippen molar-refractivity contribution in [1.82, 2.24) is 0 Å². The first-order valence-corrected chi connectivity index (χ1v) is 6.33. The maximum Gasteiger partial charge on any atom is 0.255 e. The molecule has 0 aromatic heterocycles. The largest absolute Gasteiger partial charge is 0.398 e. The number of hydrogen-bond donors (Lipinski definition) is 2. The number of benzene rings is 2. The summed E-state index contributed by atoms with van der Waals surface area (Å²) in [6, 6.07) is 11.2. The average Bonchev–Trinajstić information content (AvgIpc) is 2.42. The lowest BCUT2D eigenvalue weighted by molar-refractivity contribution is 0.102. The molecule has 4 nitrogen and oxygen atoms in total. The summed E-state index contributed by atoms with van der Waals surface area (Å²) in [7, 11) is 0. The summed E-state index contributed by atoms with van der Waals surface area (Å²) >= 11 is 11.7. The lowest BCUT2D eigenvalue weighted by Gasteiger charge is -2.07. The Kier molecular flexibility index (Phi) is 4.14. The fraction of sp³-hybridized carbons (Fsp3) is 0. The van der Waals surface area contributed by atoms with Crippen LogP contribution in [-0.4, -0.2) is 5.91 Å². The third-order valence-corrected chi connectivity index (χ3v) is 3.26. The zero-order valence-electron chi connectivity index (χ0n) is 10.2. The summed E-state index contributed by atoms with van der Waals surface area (Å²) in [5, 5.41) is 12.1. The Morgan fingerprint density at radius 2 is 1.90 bits per heavy atom. The third-order valence-electron chi connectivity index (χ3n) is 2.61. The van der Waals surface area contributed by atoms with Crippen molar-refractivity contribution in [2.45, 2.75) is 0 Å². The molecule has 0 atom stereocenters. The van der Waals surface area contributed by atoms with E-state index in [0.717, 1.165) is 0 Å². The van der Waals surface area contributed by atoms with Crippen LogP contribution in [0, 0.1) is 11.3 Å². The molecule has 1 amide bonds. The number of carbonyl (C=O) groups excluding carboxylic acids is 1. The molecule has 6 heteroatoms. The SMILES string of the molecule is N#Cc1ccc(NC(=O)c2ccc(Cl)c(N)c2)cc1Cl. The zero-order valence-corrected chi connectivity index (χ0v) is 11.7. The normalized spacial score (nSPS) is 9.85. The molecular formula is C14H9Cl2N3O. The van der Waals surface area contributed by atoms with E-state index in [1.54, 1.807) is 18.2 Å². The van der Waals surface area contributed by atoms with Gasteiger partial charge in [-0.05, 0) is 36.4 Å². The topological polar surface area (TPSA) is 78.9 Å². The number of rotatable bonds is 2. The van der Waals surface area contributed by atoms with E-state index in [2.05, 4.69) is 5.32 Å². The van der Waals surface area contributed by atoms with Gasteiger partial charge in [-0.3, -0.25) is 4.79 Å². The number of nitrogens with two attached hydrogens (primary N) is 1. The molecule has 2 aromatic carbocycles. The fourth-order valence-electron chi connectivity index (χ4n) is 1.57. The molecule has 20 heavy (non-hydrogen) atoms. The van der Waals surface area contributed by atoms with E-state index >= 15 is 0 Å². The quantitative estimate of drug-likeness (QED) is 0.830. The van der Waals surface area contributed by atoms with E-state index in [4.69, 9.17) is 34.2 Å². The highest BCUT2D eigenvalue weighted by Gasteiger charge is 2.09. The van der Waals surface area contributed by atoms with E-state index < -0.39 is 0 Å². The van der Waals surface area contributed by atoms with Crippen LogP contribution in [-0.2, 0) is 0 Å². The van der Waals surface area contributed by atoms with Crippen molar-refractivity contribution in [3.8, 4) is 6.07 Å². The first kappa shape index (κ1) is 14.2. The molecule has 0 spiro atoms. The van der Waals surface area contributed by atoms with Crippen molar-refractivity contribution < 1.29 is 4.79 Å². The number of carbonyl (C=O) groups is 1. The fourth-order valence-corrected chi connectivity index (χ4v) is 1.91. The van der Waals surface area contributed by atoms with Crippen LogP contribution < -0.4 is 11.1 Å². The number of nitrogens with one attached hydrogen (secondary N) is 1. The molecule has 0 aliphatic rings. The molecular weight excluding hydrogens is 297 g/mol. The Morgan fingerprint density at radius 1 is 1.15 bits per heavy atom. The summed E-state index contributed by atoms with van der Waals surface area (Å²) < 4.78 is 0. The Balaban J connectivity index is 2.21. The zero-order chi connectivity index (χ0) is 14.7. The van der Waals surface area contributed by atoms with Crippen LogP contribution in [0.25, 0.3) is 0 Å². The smallest absolute Gasteiger partial charge is 0.255 e. The van der Waals surface area contributed by atoms with E-state index in [1.807, 2.05) is 6.07 Å². The third kappa shape index (κ3) is 3.02. The van der Waals surface area contributed by atoms with Crippen molar-refractivity contribution in [3.05, 3.63) is 57.6 Å². The van der Waals surface area contributed by atoms with Crippen LogP contribution in [0.5, 0.6) is 0 Å². The Morgan fingerprint density at radius 3 is 2.50 bits per heavy atom. The molecule has 2 aromatic rings. The molecule has 0 saturated carbocycles. The highest BCUT2D eigenvalue weighted by Crippen LogP contribution is 2.22. The van der Waals surface area contributed by atoms with Crippen molar-refractivity contribution in [2.75, 3.05) is 11.1 Å². The van der Waals surface area contributed by atoms with Gasteiger partial charge in [-0.1, -0.05) is 23.2 Å². The van der Waals surface area contributed by atoms with Crippen molar-refractivity contribution in [1.29, 1.82) is 5.26 Å². The average molecular weight is 306 g/mol. The maximum atomic E-state index is 12.0. The van der Waals surface area contributed by atoms with Crippen LogP contribution in [0.15, 0.2) is 36.4 Å². The highest BCUT2D eigenvalue weighted by molar-refractivity contribution is 6.33. The van der Waals surface area contributed by atoms with E-state index in [-0.39, 0.29) is 10.9 Å². The van der Waals surface area contributed by atoms with Crippen molar-refractivity contribution in [3.63, 3.8) is 0 Å². The van der Waals surface area contributed by atoms with Gasteiger partial charge in [0.05, 0.1) is 21.3 Å². The molecule has 0 aliphatic heterocycles. The highest BCUT2D eigenvalue weighted by atomic mass is 35.5. The van der Waals surface area contributed by atoms with Crippen molar-refractivity contribution >= 4 is 40.5 Å². The minimum absolute atomic E-state index is 0.279. The Hall–Kier alpha value is -2.22.